The van der Waals surface area contributed by atoms with Crippen molar-refractivity contribution in [3.63, 3.8) is 0 Å². The quantitative estimate of drug-likeness (QED) is 0.600. The number of hydrogen-bond donors (Lipinski definition) is 0. The summed E-state index contributed by atoms with van der Waals surface area (Å²) in [5.74, 6) is 1.17. The van der Waals surface area contributed by atoms with Crippen LogP contribution in [0.1, 0.15) is 39.0 Å². The highest BCUT2D eigenvalue weighted by Gasteiger charge is 2.19. The minimum atomic E-state index is 0.298. The van der Waals surface area contributed by atoms with Crippen molar-refractivity contribution in [2.24, 2.45) is 0 Å². The van der Waals surface area contributed by atoms with Crippen molar-refractivity contribution >= 4 is 11.8 Å². The Kier molecular flexibility index (Phi) is 5.04. The molecule has 0 radical (unpaired) electrons. The number of thioether (sulfide) groups is 1. The monoisotopic (exact) mass is 188 g/mol. The lowest BCUT2D eigenvalue weighted by Crippen LogP contribution is -2.40. The standard InChI is InChI=1S/C9H18NOS/c1-2-3-4-5-8-12-9-6-7-10(9)11/h9H,2-8H2,1H3/q-1. The molecule has 0 aromatic rings. The van der Waals surface area contributed by atoms with Crippen molar-refractivity contribution in [3.8, 4) is 0 Å². The largest absolute Gasteiger partial charge is 0.784 e. The highest BCUT2D eigenvalue weighted by atomic mass is 32.2. The Bertz CT molecular complexity index is 121. The van der Waals surface area contributed by atoms with E-state index in [2.05, 4.69) is 6.92 Å². The van der Waals surface area contributed by atoms with Gasteiger partial charge in [-0.1, -0.05) is 26.2 Å². The van der Waals surface area contributed by atoms with E-state index in [-0.39, 0.29) is 0 Å². The highest BCUT2D eigenvalue weighted by molar-refractivity contribution is 7.99. The molecule has 1 atom stereocenters. The number of rotatable bonds is 6. The lowest BCUT2D eigenvalue weighted by Gasteiger charge is -2.46. The molecule has 1 saturated heterocycles. The van der Waals surface area contributed by atoms with E-state index in [1.54, 1.807) is 0 Å². The molecule has 12 heavy (non-hydrogen) atoms. The van der Waals surface area contributed by atoms with Gasteiger partial charge in [0.2, 0.25) is 0 Å². The van der Waals surface area contributed by atoms with Crippen LogP contribution in [0, 0.1) is 5.21 Å². The predicted octanol–water partition coefficient (Wildman–Crippen LogP) is 2.83. The molecule has 72 valence electrons. The van der Waals surface area contributed by atoms with Crippen molar-refractivity contribution in [3.05, 3.63) is 5.21 Å². The molecular weight excluding hydrogens is 170 g/mol. The first-order chi connectivity index (χ1) is 5.84. The van der Waals surface area contributed by atoms with Gasteiger partial charge in [0.25, 0.3) is 0 Å². The van der Waals surface area contributed by atoms with E-state index >= 15 is 0 Å². The summed E-state index contributed by atoms with van der Waals surface area (Å²) in [6.07, 6.45) is 6.34. The van der Waals surface area contributed by atoms with Crippen molar-refractivity contribution in [2.75, 3.05) is 12.3 Å². The summed E-state index contributed by atoms with van der Waals surface area (Å²) in [6, 6.07) is 0. The van der Waals surface area contributed by atoms with Gasteiger partial charge in [0.15, 0.2) is 0 Å². The van der Waals surface area contributed by atoms with E-state index in [4.69, 9.17) is 0 Å². The fourth-order valence-corrected chi connectivity index (χ4v) is 2.44. The third kappa shape index (κ3) is 3.33. The average Bonchev–Trinajstić information content (AvgIpc) is 2.08. The maximum atomic E-state index is 10.8. The minimum Gasteiger partial charge on any atom is -0.784 e. The smallest absolute Gasteiger partial charge is 0.0455 e. The molecule has 1 heterocycles. The van der Waals surface area contributed by atoms with Gasteiger partial charge in [-0.3, -0.25) is 0 Å². The molecule has 1 rings (SSSR count). The first kappa shape index (κ1) is 10.4. The molecule has 0 aliphatic carbocycles. The summed E-state index contributed by atoms with van der Waals surface area (Å²) >= 11 is 1.84. The fourth-order valence-electron chi connectivity index (χ4n) is 1.25. The van der Waals surface area contributed by atoms with E-state index in [0.29, 0.717) is 5.37 Å². The van der Waals surface area contributed by atoms with Gasteiger partial charge in [-0.15, -0.1) is 11.8 Å². The molecule has 0 bridgehead atoms. The number of unbranched alkanes of at least 4 members (excludes halogenated alkanes) is 3. The first-order valence-corrected chi connectivity index (χ1v) is 5.95. The van der Waals surface area contributed by atoms with Crippen molar-refractivity contribution in [1.29, 1.82) is 0 Å². The number of nitrogens with zero attached hydrogens (tertiary/aromatic N) is 1. The summed E-state index contributed by atoms with van der Waals surface area (Å²) in [4.78, 5) is 0. The summed E-state index contributed by atoms with van der Waals surface area (Å²) in [5, 5.41) is 12.3. The Morgan fingerprint density at radius 3 is 2.75 bits per heavy atom. The van der Waals surface area contributed by atoms with Crippen LogP contribution >= 0.6 is 11.8 Å². The lowest BCUT2D eigenvalue weighted by atomic mass is 10.2. The molecule has 0 saturated carbocycles. The molecule has 2 nitrogen and oxygen atoms in total. The Morgan fingerprint density at radius 2 is 2.25 bits per heavy atom. The Hall–Kier alpha value is 0.270. The van der Waals surface area contributed by atoms with Crippen LogP contribution in [-0.4, -0.2) is 22.7 Å². The van der Waals surface area contributed by atoms with Gasteiger partial charge in [-0.25, -0.2) is 0 Å². The SMILES string of the molecule is CCCCCCSC1CCN1[O-]. The van der Waals surface area contributed by atoms with E-state index in [1.807, 2.05) is 11.8 Å². The lowest BCUT2D eigenvalue weighted by molar-refractivity contribution is 0.233. The zero-order valence-corrected chi connectivity index (χ0v) is 8.61. The fraction of sp³-hybridized carbons (Fsp3) is 1.00. The number of hydroxylamine groups is 2. The van der Waals surface area contributed by atoms with E-state index in [9.17, 15) is 5.21 Å². The van der Waals surface area contributed by atoms with Crippen LogP contribution in [-0.2, 0) is 0 Å². The molecule has 0 aromatic heterocycles. The molecule has 0 N–H and O–H groups in total. The highest BCUT2D eigenvalue weighted by Crippen LogP contribution is 2.27. The zero-order valence-electron chi connectivity index (χ0n) is 7.79. The van der Waals surface area contributed by atoms with Crippen LogP contribution in [0.2, 0.25) is 0 Å². The second kappa shape index (κ2) is 5.84. The topological polar surface area (TPSA) is 26.3 Å². The molecular formula is C9H18NOS-. The van der Waals surface area contributed by atoms with Crippen LogP contribution in [0.3, 0.4) is 0 Å². The van der Waals surface area contributed by atoms with Crippen molar-refractivity contribution in [1.82, 2.24) is 5.06 Å². The average molecular weight is 188 g/mol. The molecule has 0 aromatic carbocycles. The molecule has 1 fully saturated rings. The van der Waals surface area contributed by atoms with Crippen LogP contribution in [0.4, 0.5) is 0 Å². The third-order valence-corrected chi connectivity index (χ3v) is 3.61. The maximum absolute atomic E-state index is 10.8. The van der Waals surface area contributed by atoms with Gasteiger partial charge in [0.1, 0.15) is 0 Å². The third-order valence-electron chi connectivity index (χ3n) is 2.23. The Balaban J connectivity index is 1.82. The zero-order chi connectivity index (χ0) is 8.81. The van der Waals surface area contributed by atoms with Crippen molar-refractivity contribution < 1.29 is 0 Å². The molecule has 1 unspecified atom stereocenters. The molecule has 3 heteroatoms. The van der Waals surface area contributed by atoms with Crippen LogP contribution in [0.25, 0.3) is 0 Å². The summed E-state index contributed by atoms with van der Waals surface area (Å²) in [7, 11) is 0. The number of hydrogen-bond acceptors (Lipinski definition) is 3. The molecule has 0 spiro atoms. The van der Waals surface area contributed by atoms with Crippen LogP contribution in [0.5, 0.6) is 0 Å². The summed E-state index contributed by atoms with van der Waals surface area (Å²) in [5.41, 5.74) is 0. The Labute approximate surface area is 79.3 Å². The molecule has 1 aliphatic heterocycles. The minimum absolute atomic E-state index is 0.298. The van der Waals surface area contributed by atoms with E-state index < -0.39 is 0 Å². The normalized spacial score (nSPS) is 24.0. The van der Waals surface area contributed by atoms with Crippen LogP contribution in [0.15, 0.2) is 0 Å². The second-order valence-corrected chi connectivity index (χ2v) is 4.60. The maximum Gasteiger partial charge on any atom is 0.0455 e. The molecule has 1 aliphatic rings. The van der Waals surface area contributed by atoms with E-state index in [0.717, 1.165) is 13.0 Å². The van der Waals surface area contributed by atoms with E-state index in [1.165, 1.54) is 36.5 Å². The second-order valence-electron chi connectivity index (χ2n) is 3.32. The van der Waals surface area contributed by atoms with Gasteiger partial charge in [-0.05, 0) is 25.1 Å². The summed E-state index contributed by atoms with van der Waals surface area (Å²) in [6.45, 7) is 2.98. The van der Waals surface area contributed by atoms with Crippen molar-refractivity contribution in [2.45, 2.75) is 44.4 Å². The molecule has 0 amide bonds. The Morgan fingerprint density at radius 1 is 1.42 bits per heavy atom. The van der Waals surface area contributed by atoms with Gasteiger partial charge < -0.3 is 10.3 Å². The van der Waals surface area contributed by atoms with Crippen LogP contribution < -0.4 is 0 Å². The summed E-state index contributed by atoms with van der Waals surface area (Å²) < 4.78 is 0. The van der Waals surface area contributed by atoms with Gasteiger partial charge in [0, 0.05) is 5.37 Å². The first-order valence-electron chi connectivity index (χ1n) is 4.90. The predicted molar refractivity (Wildman–Crippen MR) is 55.1 cm³/mol. The van der Waals surface area contributed by atoms with Gasteiger partial charge in [-0.2, -0.15) is 0 Å². The van der Waals surface area contributed by atoms with Gasteiger partial charge >= 0.3 is 0 Å². The van der Waals surface area contributed by atoms with Gasteiger partial charge in [0.05, 0.1) is 0 Å².